The van der Waals surface area contributed by atoms with Crippen LogP contribution in [0, 0.1) is 30.9 Å². The van der Waals surface area contributed by atoms with Gasteiger partial charge in [0.25, 0.3) is 11.6 Å². The average molecular weight is 457 g/mol. The topological polar surface area (TPSA) is 146 Å². The van der Waals surface area contributed by atoms with Crippen molar-refractivity contribution in [2.45, 2.75) is 20.8 Å². The lowest BCUT2D eigenvalue weighted by Gasteiger charge is -2.18. The van der Waals surface area contributed by atoms with E-state index in [0.29, 0.717) is 5.69 Å². The van der Waals surface area contributed by atoms with Crippen LogP contribution in [0.5, 0.6) is 11.5 Å². The van der Waals surface area contributed by atoms with Crippen molar-refractivity contribution in [1.29, 1.82) is 0 Å². The molecule has 0 saturated heterocycles. The van der Waals surface area contributed by atoms with E-state index in [1.165, 1.54) is 0 Å². The number of benzene rings is 2. The van der Waals surface area contributed by atoms with E-state index in [1.807, 2.05) is 32.9 Å². The third-order valence-electron chi connectivity index (χ3n) is 4.80. The summed E-state index contributed by atoms with van der Waals surface area (Å²) in [7, 11) is 0. The molecule has 0 aliphatic carbocycles. The molecule has 2 aromatic rings. The molecule has 11 nitrogen and oxygen atoms in total. The Morgan fingerprint density at radius 1 is 1.00 bits per heavy atom. The molecule has 1 aliphatic heterocycles. The van der Waals surface area contributed by atoms with E-state index in [0.717, 1.165) is 28.8 Å². The molecular formula is C22H23N3O8. The minimum Gasteiger partial charge on any atom is -0.486 e. The molecule has 0 spiro atoms. The normalized spacial score (nSPS) is 12.0. The number of ether oxygens (including phenoxy) is 3. The minimum atomic E-state index is -1.08. The van der Waals surface area contributed by atoms with Crippen molar-refractivity contribution in [2.24, 2.45) is 0 Å². The summed E-state index contributed by atoms with van der Waals surface area (Å²) in [6.07, 6.45) is 0. The lowest BCUT2D eigenvalue weighted by molar-refractivity contribution is -0.385. The number of nitrogens with one attached hydrogen (secondary N) is 2. The molecule has 1 aliphatic rings. The number of carbonyl (C=O) groups excluding carboxylic acids is 3. The average Bonchev–Trinajstić information content (AvgIpc) is 2.77. The summed E-state index contributed by atoms with van der Waals surface area (Å²) < 4.78 is 15.5. The van der Waals surface area contributed by atoms with Crippen molar-refractivity contribution in [3.63, 3.8) is 0 Å². The van der Waals surface area contributed by atoms with Crippen LogP contribution < -0.4 is 20.1 Å². The van der Waals surface area contributed by atoms with Crippen LogP contribution in [0.25, 0.3) is 0 Å². The van der Waals surface area contributed by atoms with Crippen molar-refractivity contribution in [1.82, 2.24) is 5.32 Å². The summed E-state index contributed by atoms with van der Waals surface area (Å²) in [5.74, 6) is -1.96. The van der Waals surface area contributed by atoms with Crippen LogP contribution >= 0.6 is 0 Å². The first-order valence-electron chi connectivity index (χ1n) is 10.0. The van der Waals surface area contributed by atoms with Gasteiger partial charge in [0, 0.05) is 11.8 Å². The first kappa shape index (κ1) is 23.5. The van der Waals surface area contributed by atoms with Gasteiger partial charge >= 0.3 is 5.97 Å². The summed E-state index contributed by atoms with van der Waals surface area (Å²) in [5.41, 5.74) is 2.60. The van der Waals surface area contributed by atoms with Crippen molar-refractivity contribution >= 4 is 29.2 Å². The van der Waals surface area contributed by atoms with Crippen LogP contribution in [0.3, 0.4) is 0 Å². The van der Waals surface area contributed by atoms with Crippen molar-refractivity contribution in [2.75, 3.05) is 31.7 Å². The van der Waals surface area contributed by atoms with E-state index < -0.39 is 35.0 Å². The number of rotatable bonds is 7. The second kappa shape index (κ2) is 9.98. The molecule has 0 aromatic heterocycles. The zero-order valence-corrected chi connectivity index (χ0v) is 18.4. The van der Waals surface area contributed by atoms with Gasteiger partial charge in [-0.05, 0) is 31.9 Å². The Morgan fingerprint density at radius 2 is 1.61 bits per heavy atom. The number of nitrogens with zero attached hydrogens (tertiary/aromatic N) is 1. The number of aryl methyl sites for hydroxylation is 3. The Hall–Kier alpha value is -4.15. The van der Waals surface area contributed by atoms with E-state index in [-0.39, 0.29) is 36.8 Å². The first-order valence-corrected chi connectivity index (χ1v) is 10.0. The molecule has 2 amide bonds. The highest BCUT2D eigenvalue weighted by Gasteiger charge is 2.27. The second-order valence-electron chi connectivity index (χ2n) is 7.44. The van der Waals surface area contributed by atoms with E-state index >= 15 is 0 Å². The molecule has 11 heteroatoms. The first-order chi connectivity index (χ1) is 15.7. The molecule has 0 bridgehead atoms. The number of esters is 1. The Balaban J connectivity index is 1.55. The fraction of sp³-hybridized carbons (Fsp3) is 0.318. The van der Waals surface area contributed by atoms with E-state index in [4.69, 9.17) is 14.2 Å². The van der Waals surface area contributed by atoms with Gasteiger partial charge in [0.1, 0.15) is 18.8 Å². The van der Waals surface area contributed by atoms with Gasteiger partial charge in [-0.25, -0.2) is 4.79 Å². The maximum atomic E-state index is 12.4. The number of hydrogen-bond acceptors (Lipinski definition) is 8. The van der Waals surface area contributed by atoms with Gasteiger partial charge in [-0.3, -0.25) is 19.7 Å². The zero-order valence-electron chi connectivity index (χ0n) is 18.4. The monoisotopic (exact) mass is 457 g/mol. The van der Waals surface area contributed by atoms with Gasteiger partial charge in [0.2, 0.25) is 5.91 Å². The molecule has 0 saturated carbocycles. The summed E-state index contributed by atoms with van der Waals surface area (Å²) in [5, 5.41) is 16.4. The predicted octanol–water partition coefficient (Wildman–Crippen LogP) is 2.20. The molecule has 0 unspecified atom stereocenters. The molecule has 1 heterocycles. The van der Waals surface area contributed by atoms with Crippen LogP contribution in [0.15, 0.2) is 24.3 Å². The Labute approximate surface area is 189 Å². The van der Waals surface area contributed by atoms with Gasteiger partial charge in [-0.15, -0.1) is 0 Å². The number of hydrogen-bond donors (Lipinski definition) is 2. The molecule has 0 radical (unpaired) electrons. The minimum absolute atomic E-state index is 0.146. The van der Waals surface area contributed by atoms with Gasteiger partial charge in [0.15, 0.2) is 18.1 Å². The number of fused-ring (bicyclic) bond motifs is 1. The van der Waals surface area contributed by atoms with Gasteiger partial charge in [-0.1, -0.05) is 17.7 Å². The van der Waals surface area contributed by atoms with Crippen molar-refractivity contribution in [3.8, 4) is 11.5 Å². The summed E-state index contributed by atoms with van der Waals surface area (Å²) in [6.45, 7) is 5.08. The fourth-order valence-corrected chi connectivity index (χ4v) is 3.39. The highest BCUT2D eigenvalue weighted by Crippen LogP contribution is 2.36. The third-order valence-corrected chi connectivity index (χ3v) is 4.80. The maximum Gasteiger partial charge on any atom is 0.345 e. The molecule has 2 N–H and O–H groups in total. The second-order valence-corrected chi connectivity index (χ2v) is 7.44. The number of nitro groups is 1. The van der Waals surface area contributed by atoms with Crippen LogP contribution in [0.4, 0.5) is 11.4 Å². The van der Waals surface area contributed by atoms with Crippen LogP contribution in [0.2, 0.25) is 0 Å². The predicted molar refractivity (Wildman–Crippen MR) is 117 cm³/mol. The summed E-state index contributed by atoms with van der Waals surface area (Å²) in [6, 6.07) is 6.08. The quantitative estimate of drug-likeness (QED) is 0.365. The molecule has 0 fully saturated rings. The highest BCUT2D eigenvalue weighted by molar-refractivity contribution is 5.98. The molecule has 33 heavy (non-hydrogen) atoms. The van der Waals surface area contributed by atoms with Crippen molar-refractivity contribution in [3.05, 3.63) is 56.6 Å². The third kappa shape index (κ3) is 5.76. The molecule has 2 aromatic carbocycles. The summed E-state index contributed by atoms with van der Waals surface area (Å²) >= 11 is 0. The Bertz CT molecular complexity index is 1110. The maximum absolute atomic E-state index is 12.4. The van der Waals surface area contributed by atoms with Gasteiger partial charge in [-0.2, -0.15) is 0 Å². The smallest absolute Gasteiger partial charge is 0.345 e. The fourth-order valence-electron chi connectivity index (χ4n) is 3.39. The Morgan fingerprint density at radius 3 is 2.21 bits per heavy atom. The number of anilines is 1. The molecule has 174 valence electrons. The highest BCUT2D eigenvalue weighted by atomic mass is 16.6. The zero-order chi connectivity index (χ0) is 24.1. The van der Waals surface area contributed by atoms with Crippen LogP contribution in [0.1, 0.15) is 27.0 Å². The largest absolute Gasteiger partial charge is 0.486 e. The number of nitro benzene ring substituents is 1. The number of amides is 2. The van der Waals surface area contributed by atoms with Gasteiger partial charge in [0.05, 0.1) is 17.5 Å². The van der Waals surface area contributed by atoms with E-state index in [1.54, 1.807) is 0 Å². The summed E-state index contributed by atoms with van der Waals surface area (Å²) in [4.78, 5) is 47.1. The SMILES string of the molecule is Cc1cc(C)c(NC(=O)CNC(=O)COC(=O)c2cc3c(cc2[N+](=O)[O-])OCCO3)c(C)c1. The standard InChI is InChI=1S/C22H23N3O8/c1-12-6-13(2)21(14(3)7-12)24-19(26)10-23-20(27)11-33-22(28)15-8-17-18(32-5-4-31-17)9-16(15)25(29)30/h6-9H,4-5,10-11H2,1-3H3,(H,23,27)(H,24,26). The lowest BCUT2D eigenvalue weighted by atomic mass is 10.1. The van der Waals surface area contributed by atoms with E-state index in [9.17, 15) is 24.5 Å². The molecule has 3 rings (SSSR count). The van der Waals surface area contributed by atoms with E-state index in [2.05, 4.69) is 10.6 Å². The molecule has 0 atom stereocenters. The van der Waals surface area contributed by atoms with Crippen LogP contribution in [-0.2, 0) is 14.3 Å². The van der Waals surface area contributed by atoms with Gasteiger partial charge < -0.3 is 24.8 Å². The lowest BCUT2D eigenvalue weighted by Crippen LogP contribution is -2.35. The molecular weight excluding hydrogens is 434 g/mol. The van der Waals surface area contributed by atoms with Crippen molar-refractivity contribution < 1.29 is 33.5 Å². The Kier molecular flexibility index (Phi) is 7.11. The van der Waals surface area contributed by atoms with Crippen LogP contribution in [-0.4, -0.2) is 49.1 Å². The number of carbonyl (C=O) groups is 3.